The molecule has 1 atom stereocenters. The Balaban J connectivity index is 2.00. The van der Waals surface area contributed by atoms with Gasteiger partial charge in [-0.1, -0.05) is 0 Å². The fourth-order valence-electron chi connectivity index (χ4n) is 2.16. The first kappa shape index (κ1) is 12.6. The van der Waals surface area contributed by atoms with E-state index in [9.17, 15) is 4.79 Å². The lowest BCUT2D eigenvalue weighted by Crippen LogP contribution is -2.20. The smallest absolute Gasteiger partial charge is 0.354 e. The molecule has 2 rings (SSSR count). The van der Waals surface area contributed by atoms with Crippen LogP contribution in [0.5, 0.6) is 0 Å². The number of nitrogens with two attached hydrogens (primary N) is 1. The van der Waals surface area contributed by atoms with Gasteiger partial charge in [0.05, 0.1) is 5.69 Å². The highest BCUT2D eigenvalue weighted by Gasteiger charge is 2.19. The summed E-state index contributed by atoms with van der Waals surface area (Å²) in [5.74, 6) is -0.0206. The van der Waals surface area contributed by atoms with Gasteiger partial charge in [0.2, 0.25) is 0 Å². The first-order chi connectivity index (χ1) is 8.56. The van der Waals surface area contributed by atoms with E-state index in [2.05, 4.69) is 22.2 Å². The van der Waals surface area contributed by atoms with Crippen LogP contribution in [0.15, 0.2) is 12.1 Å². The van der Waals surface area contributed by atoms with Crippen molar-refractivity contribution in [3.8, 4) is 0 Å². The SMILES string of the molecule is CN1CCC(CNc2nc(C(=O)O)ccc2N)C1. The van der Waals surface area contributed by atoms with Crippen molar-refractivity contribution in [2.75, 3.05) is 37.7 Å². The van der Waals surface area contributed by atoms with Gasteiger partial charge in [0, 0.05) is 13.1 Å². The van der Waals surface area contributed by atoms with Gasteiger partial charge >= 0.3 is 5.97 Å². The first-order valence-corrected chi connectivity index (χ1v) is 5.98. The van der Waals surface area contributed by atoms with Crippen molar-refractivity contribution in [3.05, 3.63) is 17.8 Å². The van der Waals surface area contributed by atoms with E-state index in [-0.39, 0.29) is 5.69 Å². The van der Waals surface area contributed by atoms with Gasteiger partial charge in [-0.25, -0.2) is 9.78 Å². The highest BCUT2D eigenvalue weighted by molar-refractivity contribution is 5.86. The number of anilines is 2. The highest BCUT2D eigenvalue weighted by atomic mass is 16.4. The number of hydrogen-bond donors (Lipinski definition) is 3. The molecule has 0 saturated carbocycles. The largest absolute Gasteiger partial charge is 0.477 e. The normalized spacial score (nSPS) is 19.9. The van der Waals surface area contributed by atoms with Crippen LogP contribution in [-0.2, 0) is 0 Å². The molecule has 2 heterocycles. The summed E-state index contributed by atoms with van der Waals surface area (Å²) in [5.41, 5.74) is 6.26. The van der Waals surface area contributed by atoms with Gasteiger partial charge in [0.25, 0.3) is 0 Å². The number of carboxylic acids is 1. The molecule has 98 valence electrons. The second kappa shape index (κ2) is 5.22. The fourth-order valence-corrected chi connectivity index (χ4v) is 2.16. The van der Waals surface area contributed by atoms with Gasteiger partial charge < -0.3 is 21.1 Å². The van der Waals surface area contributed by atoms with Crippen LogP contribution in [0.1, 0.15) is 16.9 Å². The molecule has 0 aliphatic carbocycles. The molecule has 18 heavy (non-hydrogen) atoms. The molecule has 0 spiro atoms. The summed E-state index contributed by atoms with van der Waals surface area (Å²) in [6.07, 6.45) is 1.14. The van der Waals surface area contributed by atoms with Crippen molar-refractivity contribution in [3.63, 3.8) is 0 Å². The summed E-state index contributed by atoms with van der Waals surface area (Å²) in [6.45, 7) is 2.92. The maximum Gasteiger partial charge on any atom is 0.354 e. The molecule has 1 aliphatic heterocycles. The fraction of sp³-hybridized carbons (Fsp3) is 0.500. The van der Waals surface area contributed by atoms with Crippen LogP contribution < -0.4 is 11.1 Å². The maximum absolute atomic E-state index is 10.8. The predicted octanol–water partition coefficient (Wildman–Crippen LogP) is 0.726. The zero-order valence-electron chi connectivity index (χ0n) is 10.4. The van der Waals surface area contributed by atoms with Crippen molar-refractivity contribution in [2.45, 2.75) is 6.42 Å². The number of nitrogens with one attached hydrogen (secondary N) is 1. The lowest BCUT2D eigenvalue weighted by Gasteiger charge is -2.13. The molecular formula is C12H18N4O2. The highest BCUT2D eigenvalue weighted by Crippen LogP contribution is 2.19. The molecule has 1 aliphatic rings. The number of hydrogen-bond acceptors (Lipinski definition) is 5. The van der Waals surface area contributed by atoms with E-state index in [4.69, 9.17) is 10.8 Å². The van der Waals surface area contributed by atoms with Crippen molar-refractivity contribution >= 4 is 17.5 Å². The summed E-state index contributed by atoms with van der Waals surface area (Å²) in [6, 6.07) is 2.98. The lowest BCUT2D eigenvalue weighted by molar-refractivity contribution is 0.0690. The zero-order chi connectivity index (χ0) is 13.1. The van der Waals surface area contributed by atoms with Gasteiger partial charge in [0.15, 0.2) is 5.69 Å². The second-order valence-electron chi connectivity index (χ2n) is 4.74. The van der Waals surface area contributed by atoms with Crippen LogP contribution in [0.2, 0.25) is 0 Å². The maximum atomic E-state index is 10.8. The van der Waals surface area contributed by atoms with Crippen LogP contribution in [-0.4, -0.2) is 47.6 Å². The minimum absolute atomic E-state index is 0.00948. The Morgan fingerprint density at radius 2 is 2.44 bits per heavy atom. The molecular weight excluding hydrogens is 232 g/mol. The number of aromatic carboxylic acids is 1. The van der Waals surface area contributed by atoms with Gasteiger partial charge in [-0.2, -0.15) is 0 Å². The molecule has 1 fully saturated rings. The Hall–Kier alpha value is -1.82. The summed E-state index contributed by atoms with van der Waals surface area (Å²) in [4.78, 5) is 17.1. The molecule has 1 aromatic rings. The molecule has 6 nitrogen and oxygen atoms in total. The van der Waals surface area contributed by atoms with E-state index in [1.807, 2.05) is 0 Å². The van der Waals surface area contributed by atoms with Crippen LogP contribution in [0.3, 0.4) is 0 Å². The first-order valence-electron chi connectivity index (χ1n) is 5.98. The van der Waals surface area contributed by atoms with Crippen molar-refractivity contribution < 1.29 is 9.90 Å². The minimum Gasteiger partial charge on any atom is -0.477 e. The van der Waals surface area contributed by atoms with Crippen LogP contribution in [0.25, 0.3) is 0 Å². The molecule has 0 aromatic carbocycles. The number of pyridine rings is 1. The molecule has 0 bridgehead atoms. The number of nitrogens with zero attached hydrogens (tertiary/aromatic N) is 2. The number of nitrogen functional groups attached to an aromatic ring is 1. The van der Waals surface area contributed by atoms with E-state index in [1.54, 1.807) is 6.07 Å². The molecule has 1 saturated heterocycles. The summed E-state index contributed by atoms with van der Waals surface area (Å²) in [7, 11) is 2.09. The number of rotatable bonds is 4. The molecule has 1 unspecified atom stereocenters. The molecule has 1 aromatic heterocycles. The predicted molar refractivity (Wildman–Crippen MR) is 69.7 cm³/mol. The monoisotopic (exact) mass is 250 g/mol. The van der Waals surface area contributed by atoms with Crippen molar-refractivity contribution in [2.24, 2.45) is 5.92 Å². The van der Waals surface area contributed by atoms with E-state index in [0.29, 0.717) is 17.4 Å². The minimum atomic E-state index is -1.04. The Bertz CT molecular complexity index is 450. The zero-order valence-corrected chi connectivity index (χ0v) is 10.4. The van der Waals surface area contributed by atoms with Gasteiger partial charge in [-0.15, -0.1) is 0 Å². The Morgan fingerprint density at radius 3 is 3.06 bits per heavy atom. The summed E-state index contributed by atoms with van der Waals surface area (Å²) in [5, 5.41) is 12.0. The van der Waals surface area contributed by atoms with E-state index < -0.39 is 5.97 Å². The topological polar surface area (TPSA) is 91.5 Å². The average Bonchev–Trinajstić information content (AvgIpc) is 2.74. The summed E-state index contributed by atoms with van der Waals surface area (Å²) < 4.78 is 0. The van der Waals surface area contributed by atoms with Crippen LogP contribution in [0.4, 0.5) is 11.5 Å². The van der Waals surface area contributed by atoms with Gasteiger partial charge in [0.1, 0.15) is 5.82 Å². The third-order valence-corrected chi connectivity index (χ3v) is 3.19. The molecule has 0 radical (unpaired) electrons. The Morgan fingerprint density at radius 1 is 1.67 bits per heavy atom. The quantitative estimate of drug-likeness (QED) is 0.729. The second-order valence-corrected chi connectivity index (χ2v) is 4.74. The van der Waals surface area contributed by atoms with E-state index in [0.717, 1.165) is 26.1 Å². The van der Waals surface area contributed by atoms with E-state index in [1.165, 1.54) is 6.07 Å². The number of likely N-dealkylation sites (tertiary alicyclic amines) is 1. The Kier molecular flexibility index (Phi) is 3.66. The molecule has 6 heteroatoms. The molecule has 4 N–H and O–H groups in total. The third kappa shape index (κ3) is 2.89. The van der Waals surface area contributed by atoms with Crippen LogP contribution in [0, 0.1) is 5.92 Å². The van der Waals surface area contributed by atoms with Crippen molar-refractivity contribution in [1.82, 2.24) is 9.88 Å². The third-order valence-electron chi connectivity index (χ3n) is 3.19. The number of carbonyl (C=O) groups is 1. The average molecular weight is 250 g/mol. The molecule has 0 amide bonds. The van der Waals surface area contributed by atoms with E-state index >= 15 is 0 Å². The van der Waals surface area contributed by atoms with Crippen molar-refractivity contribution in [1.29, 1.82) is 0 Å². The lowest BCUT2D eigenvalue weighted by atomic mass is 10.1. The Labute approximate surface area is 106 Å². The number of aromatic nitrogens is 1. The standard InChI is InChI=1S/C12H18N4O2/c1-16-5-4-8(7-16)6-14-11-9(13)2-3-10(15-11)12(17)18/h2-3,8H,4-7,13H2,1H3,(H,14,15)(H,17,18). The van der Waals surface area contributed by atoms with Crippen LogP contribution >= 0.6 is 0 Å². The number of carboxylic acid groups (broad SMARTS) is 1. The van der Waals surface area contributed by atoms with Gasteiger partial charge in [-0.05, 0) is 38.1 Å². The summed E-state index contributed by atoms with van der Waals surface area (Å²) >= 11 is 0. The van der Waals surface area contributed by atoms with Gasteiger partial charge in [-0.3, -0.25) is 0 Å².